The Morgan fingerprint density at radius 1 is 1.26 bits per heavy atom. The number of nitrogens with zero attached hydrogens (tertiary/aromatic N) is 2. The number of pyridine rings is 1. The summed E-state index contributed by atoms with van der Waals surface area (Å²) in [6.45, 7) is 0.662. The second-order valence-electron chi connectivity index (χ2n) is 4.18. The molecule has 1 aromatic carbocycles. The van der Waals surface area contributed by atoms with Crippen LogP contribution in [0.2, 0.25) is 0 Å². The van der Waals surface area contributed by atoms with Crippen molar-refractivity contribution in [2.75, 3.05) is 5.32 Å². The molecule has 3 aromatic rings. The van der Waals surface area contributed by atoms with Crippen LogP contribution in [0.1, 0.15) is 5.56 Å². The Kier molecular flexibility index (Phi) is 3.37. The number of rotatable bonds is 3. The summed E-state index contributed by atoms with van der Waals surface area (Å²) in [7, 11) is 0. The Bertz CT molecular complexity index is 724. The van der Waals surface area contributed by atoms with Crippen LogP contribution in [-0.2, 0) is 6.54 Å². The third-order valence-electron chi connectivity index (χ3n) is 2.91. The van der Waals surface area contributed by atoms with Gasteiger partial charge in [0.15, 0.2) is 0 Å². The molecule has 0 spiro atoms. The maximum absolute atomic E-state index is 13.0. The monoisotopic (exact) mass is 367 g/mol. The molecule has 96 valence electrons. The van der Waals surface area contributed by atoms with Gasteiger partial charge in [-0.3, -0.25) is 0 Å². The second-order valence-corrected chi connectivity index (χ2v) is 5.34. The number of fused-ring (bicyclic) bond motifs is 1. The summed E-state index contributed by atoms with van der Waals surface area (Å²) >= 11 is 2.12. The Balaban J connectivity index is 1.82. The van der Waals surface area contributed by atoms with Gasteiger partial charge in [0, 0.05) is 27.6 Å². The Hall–Kier alpha value is -1.63. The predicted molar refractivity (Wildman–Crippen MR) is 81.6 cm³/mol. The van der Waals surface area contributed by atoms with Crippen molar-refractivity contribution in [2.24, 2.45) is 0 Å². The molecular formula is C14H11FIN3. The van der Waals surface area contributed by atoms with Crippen LogP contribution in [0.3, 0.4) is 0 Å². The summed E-state index contributed by atoms with van der Waals surface area (Å²) in [5.41, 5.74) is 3.12. The van der Waals surface area contributed by atoms with Crippen LogP contribution in [0.5, 0.6) is 0 Å². The number of hydrogen-bond donors (Lipinski definition) is 1. The van der Waals surface area contributed by atoms with E-state index in [0.29, 0.717) is 6.54 Å². The number of aromatic nitrogens is 2. The van der Waals surface area contributed by atoms with E-state index in [1.54, 1.807) is 6.07 Å². The zero-order chi connectivity index (χ0) is 13.2. The first-order chi connectivity index (χ1) is 9.24. The van der Waals surface area contributed by atoms with E-state index in [0.717, 1.165) is 20.3 Å². The highest BCUT2D eigenvalue weighted by atomic mass is 127. The number of halogens is 2. The van der Waals surface area contributed by atoms with Gasteiger partial charge in [-0.25, -0.2) is 8.91 Å². The average Bonchev–Trinajstić information content (AvgIpc) is 2.81. The zero-order valence-corrected chi connectivity index (χ0v) is 12.1. The van der Waals surface area contributed by atoms with Gasteiger partial charge in [-0.2, -0.15) is 5.10 Å². The minimum absolute atomic E-state index is 0.217. The molecule has 0 atom stereocenters. The summed E-state index contributed by atoms with van der Waals surface area (Å²) in [6.07, 6.45) is 3.76. The highest BCUT2D eigenvalue weighted by molar-refractivity contribution is 14.1. The molecule has 19 heavy (non-hydrogen) atoms. The molecule has 0 saturated carbocycles. The van der Waals surface area contributed by atoms with E-state index in [-0.39, 0.29) is 5.82 Å². The van der Waals surface area contributed by atoms with Gasteiger partial charge >= 0.3 is 0 Å². The molecule has 0 fully saturated rings. The minimum atomic E-state index is -0.217. The van der Waals surface area contributed by atoms with E-state index in [4.69, 9.17) is 0 Å². The van der Waals surface area contributed by atoms with Crippen LogP contribution in [-0.4, -0.2) is 9.61 Å². The highest BCUT2D eigenvalue weighted by Crippen LogP contribution is 2.20. The standard InChI is InChI=1S/C14H11FIN3/c15-11-4-5-13(12(16)7-11)17-8-10-9-18-19-6-2-1-3-14(10)19/h1-7,9,17H,8H2. The smallest absolute Gasteiger partial charge is 0.124 e. The third-order valence-corrected chi connectivity index (χ3v) is 3.80. The van der Waals surface area contributed by atoms with Gasteiger partial charge < -0.3 is 5.32 Å². The maximum atomic E-state index is 13.0. The largest absolute Gasteiger partial charge is 0.380 e. The molecule has 0 unspecified atom stereocenters. The molecule has 0 radical (unpaired) electrons. The molecule has 3 nitrogen and oxygen atoms in total. The van der Waals surface area contributed by atoms with Gasteiger partial charge in [0.25, 0.3) is 0 Å². The van der Waals surface area contributed by atoms with Crippen molar-refractivity contribution in [3.63, 3.8) is 0 Å². The van der Waals surface area contributed by atoms with Crippen LogP contribution in [0.25, 0.3) is 5.52 Å². The van der Waals surface area contributed by atoms with Crippen LogP contribution >= 0.6 is 22.6 Å². The summed E-state index contributed by atoms with van der Waals surface area (Å²) in [5, 5.41) is 7.59. The molecule has 0 aliphatic heterocycles. The molecule has 0 aliphatic carbocycles. The maximum Gasteiger partial charge on any atom is 0.124 e. The lowest BCUT2D eigenvalue weighted by Gasteiger charge is -2.07. The topological polar surface area (TPSA) is 29.3 Å². The van der Waals surface area contributed by atoms with E-state index in [2.05, 4.69) is 33.0 Å². The molecule has 0 amide bonds. The molecular weight excluding hydrogens is 356 g/mol. The van der Waals surface area contributed by atoms with Crippen molar-refractivity contribution >= 4 is 33.8 Å². The molecule has 0 saturated heterocycles. The van der Waals surface area contributed by atoms with Gasteiger partial charge in [0.05, 0.1) is 11.7 Å². The predicted octanol–water partition coefficient (Wildman–Crippen LogP) is 3.69. The van der Waals surface area contributed by atoms with E-state index >= 15 is 0 Å². The van der Waals surface area contributed by atoms with Crippen molar-refractivity contribution in [3.8, 4) is 0 Å². The van der Waals surface area contributed by atoms with Gasteiger partial charge in [-0.1, -0.05) is 6.07 Å². The summed E-state index contributed by atoms with van der Waals surface area (Å²) in [5.74, 6) is -0.217. The van der Waals surface area contributed by atoms with Crippen molar-refractivity contribution in [2.45, 2.75) is 6.54 Å². The summed E-state index contributed by atoms with van der Waals surface area (Å²) in [6, 6.07) is 10.7. The number of nitrogens with one attached hydrogen (secondary N) is 1. The SMILES string of the molecule is Fc1ccc(NCc2cnn3ccccc23)c(I)c1. The third kappa shape index (κ3) is 2.56. The molecule has 3 rings (SSSR count). The minimum Gasteiger partial charge on any atom is -0.380 e. The number of benzene rings is 1. The van der Waals surface area contributed by atoms with Gasteiger partial charge in [0.1, 0.15) is 5.82 Å². The normalized spacial score (nSPS) is 10.8. The van der Waals surface area contributed by atoms with Crippen LogP contribution < -0.4 is 5.32 Å². The first-order valence-corrected chi connectivity index (χ1v) is 6.92. The van der Waals surface area contributed by atoms with Gasteiger partial charge in [-0.05, 0) is 52.9 Å². The quantitative estimate of drug-likeness (QED) is 0.716. The van der Waals surface area contributed by atoms with Crippen LogP contribution in [0.15, 0.2) is 48.8 Å². The van der Waals surface area contributed by atoms with E-state index < -0.39 is 0 Å². The van der Waals surface area contributed by atoms with E-state index in [1.165, 1.54) is 12.1 Å². The van der Waals surface area contributed by atoms with Crippen LogP contribution in [0, 0.1) is 9.39 Å². The summed E-state index contributed by atoms with van der Waals surface area (Å²) in [4.78, 5) is 0. The molecule has 0 bridgehead atoms. The molecule has 2 aromatic heterocycles. The Morgan fingerprint density at radius 2 is 2.16 bits per heavy atom. The van der Waals surface area contributed by atoms with Crippen molar-refractivity contribution < 1.29 is 4.39 Å². The number of anilines is 1. The van der Waals surface area contributed by atoms with Gasteiger partial charge in [0.2, 0.25) is 0 Å². The zero-order valence-electron chi connectivity index (χ0n) is 9.98. The van der Waals surface area contributed by atoms with Gasteiger partial charge in [-0.15, -0.1) is 0 Å². The fraction of sp³-hybridized carbons (Fsp3) is 0.0714. The lowest BCUT2D eigenvalue weighted by atomic mass is 10.2. The lowest BCUT2D eigenvalue weighted by Crippen LogP contribution is -2.01. The molecule has 1 N–H and O–H groups in total. The fourth-order valence-electron chi connectivity index (χ4n) is 1.95. The first-order valence-electron chi connectivity index (χ1n) is 5.84. The molecule has 5 heteroatoms. The first kappa shape index (κ1) is 12.4. The number of hydrogen-bond acceptors (Lipinski definition) is 2. The molecule has 2 heterocycles. The van der Waals surface area contributed by atoms with E-state index in [1.807, 2.05) is 35.1 Å². The molecule has 0 aliphatic rings. The van der Waals surface area contributed by atoms with Crippen molar-refractivity contribution in [1.82, 2.24) is 9.61 Å². The summed E-state index contributed by atoms with van der Waals surface area (Å²) < 4.78 is 15.7. The van der Waals surface area contributed by atoms with E-state index in [9.17, 15) is 4.39 Å². The average molecular weight is 367 g/mol. The lowest BCUT2D eigenvalue weighted by molar-refractivity contribution is 0.627. The second kappa shape index (κ2) is 5.16. The fourth-order valence-corrected chi connectivity index (χ4v) is 2.61. The van der Waals surface area contributed by atoms with Crippen molar-refractivity contribution in [3.05, 3.63) is 63.7 Å². The highest BCUT2D eigenvalue weighted by Gasteiger charge is 2.05. The Morgan fingerprint density at radius 3 is 3.00 bits per heavy atom. The Labute approximate surface area is 123 Å². The van der Waals surface area contributed by atoms with Crippen LogP contribution in [0.4, 0.5) is 10.1 Å². The van der Waals surface area contributed by atoms with Crippen molar-refractivity contribution in [1.29, 1.82) is 0 Å².